The second kappa shape index (κ2) is 8.02. The summed E-state index contributed by atoms with van der Waals surface area (Å²) < 4.78 is 0. The van der Waals surface area contributed by atoms with Crippen LogP contribution in [-0.4, -0.2) is 36.0 Å². The van der Waals surface area contributed by atoms with Gasteiger partial charge in [-0.3, -0.25) is 4.79 Å². The zero-order chi connectivity index (χ0) is 14.4. The van der Waals surface area contributed by atoms with E-state index in [1.54, 1.807) is 0 Å². The maximum absolute atomic E-state index is 12.2. The van der Waals surface area contributed by atoms with Crippen LogP contribution in [0.15, 0.2) is 0 Å². The standard InChI is InChI=1S/C17H32N2O/c1-14(2)10-12-19-13-11-16(8-9-17(19)20)18-15-6-4-3-5-7-15/h14-16,18H,3-13H2,1-2H3/t16-/m0/s1. The predicted molar refractivity (Wildman–Crippen MR) is 83.7 cm³/mol. The zero-order valence-corrected chi connectivity index (χ0v) is 13.4. The van der Waals surface area contributed by atoms with Gasteiger partial charge in [-0.1, -0.05) is 33.1 Å². The van der Waals surface area contributed by atoms with Crippen molar-refractivity contribution in [2.45, 2.75) is 83.7 Å². The molecule has 0 aromatic heterocycles. The largest absolute Gasteiger partial charge is 0.343 e. The van der Waals surface area contributed by atoms with Crippen LogP contribution in [0, 0.1) is 5.92 Å². The average molecular weight is 280 g/mol. The van der Waals surface area contributed by atoms with Gasteiger partial charge in [0.15, 0.2) is 0 Å². The molecule has 2 rings (SSSR count). The maximum Gasteiger partial charge on any atom is 0.222 e. The lowest BCUT2D eigenvalue weighted by Gasteiger charge is -2.28. The molecule has 0 aromatic carbocycles. The monoisotopic (exact) mass is 280 g/mol. The minimum atomic E-state index is 0.374. The molecule has 3 heteroatoms. The summed E-state index contributed by atoms with van der Waals surface area (Å²) in [7, 11) is 0. The molecule has 0 aromatic rings. The molecular weight excluding hydrogens is 248 g/mol. The van der Waals surface area contributed by atoms with Gasteiger partial charge in [0.05, 0.1) is 0 Å². The van der Waals surface area contributed by atoms with E-state index in [0.29, 0.717) is 23.9 Å². The number of carbonyl (C=O) groups excluding carboxylic acids is 1. The van der Waals surface area contributed by atoms with E-state index in [1.165, 1.54) is 32.1 Å². The molecule has 0 unspecified atom stereocenters. The van der Waals surface area contributed by atoms with Crippen LogP contribution in [0.4, 0.5) is 0 Å². The summed E-state index contributed by atoms with van der Waals surface area (Å²) in [6.07, 6.45) is 10.9. The van der Waals surface area contributed by atoms with E-state index in [4.69, 9.17) is 0 Å². The van der Waals surface area contributed by atoms with Crippen molar-refractivity contribution in [3.05, 3.63) is 0 Å². The number of hydrogen-bond donors (Lipinski definition) is 1. The van der Waals surface area contributed by atoms with Gasteiger partial charge < -0.3 is 10.2 Å². The molecular formula is C17H32N2O. The Morgan fingerprint density at radius 1 is 1.10 bits per heavy atom. The molecule has 0 bridgehead atoms. The Hall–Kier alpha value is -0.570. The van der Waals surface area contributed by atoms with Crippen LogP contribution in [0.2, 0.25) is 0 Å². The summed E-state index contributed by atoms with van der Waals surface area (Å²) in [4.78, 5) is 14.3. The number of amides is 1. The van der Waals surface area contributed by atoms with E-state index < -0.39 is 0 Å². The van der Waals surface area contributed by atoms with E-state index in [0.717, 1.165) is 38.8 Å². The Kier molecular flexibility index (Phi) is 6.34. The Morgan fingerprint density at radius 2 is 1.80 bits per heavy atom. The molecule has 2 aliphatic rings. The molecule has 116 valence electrons. The molecule has 1 aliphatic heterocycles. The van der Waals surface area contributed by atoms with Crippen molar-refractivity contribution in [1.29, 1.82) is 0 Å². The van der Waals surface area contributed by atoms with Crippen molar-refractivity contribution in [3.63, 3.8) is 0 Å². The highest BCUT2D eigenvalue weighted by molar-refractivity contribution is 5.76. The molecule has 1 aliphatic carbocycles. The van der Waals surface area contributed by atoms with Crippen molar-refractivity contribution < 1.29 is 4.79 Å². The lowest BCUT2D eigenvalue weighted by molar-refractivity contribution is -0.130. The highest BCUT2D eigenvalue weighted by Crippen LogP contribution is 2.20. The minimum Gasteiger partial charge on any atom is -0.343 e. The molecule has 1 saturated carbocycles. The first kappa shape index (κ1) is 15.8. The van der Waals surface area contributed by atoms with Gasteiger partial charge in [-0.15, -0.1) is 0 Å². The van der Waals surface area contributed by atoms with Crippen LogP contribution in [0.5, 0.6) is 0 Å². The second-order valence-electron chi connectivity index (χ2n) is 7.09. The normalized spacial score (nSPS) is 26.1. The van der Waals surface area contributed by atoms with Crippen molar-refractivity contribution in [2.24, 2.45) is 5.92 Å². The molecule has 2 fully saturated rings. The smallest absolute Gasteiger partial charge is 0.222 e. The number of nitrogens with one attached hydrogen (secondary N) is 1. The Balaban J connectivity index is 1.76. The van der Waals surface area contributed by atoms with E-state index in [-0.39, 0.29) is 0 Å². The van der Waals surface area contributed by atoms with Gasteiger partial charge in [0.2, 0.25) is 5.91 Å². The molecule has 0 radical (unpaired) electrons. The van der Waals surface area contributed by atoms with Gasteiger partial charge in [0.1, 0.15) is 0 Å². The van der Waals surface area contributed by atoms with Crippen LogP contribution in [0.25, 0.3) is 0 Å². The van der Waals surface area contributed by atoms with Crippen molar-refractivity contribution >= 4 is 5.91 Å². The quantitative estimate of drug-likeness (QED) is 0.837. The fourth-order valence-electron chi connectivity index (χ4n) is 3.46. The SMILES string of the molecule is CC(C)CCN1CC[C@@H](NC2CCCCC2)CCC1=O. The summed E-state index contributed by atoms with van der Waals surface area (Å²) in [6, 6.07) is 1.28. The molecule has 1 amide bonds. The molecule has 3 nitrogen and oxygen atoms in total. The summed E-state index contributed by atoms with van der Waals surface area (Å²) in [6.45, 7) is 6.37. The number of rotatable bonds is 5. The van der Waals surface area contributed by atoms with E-state index in [1.807, 2.05) is 0 Å². The van der Waals surface area contributed by atoms with Gasteiger partial charge in [0, 0.05) is 31.6 Å². The Labute approximate surface area is 124 Å². The first-order chi connectivity index (χ1) is 9.65. The summed E-state index contributed by atoms with van der Waals surface area (Å²) in [5.41, 5.74) is 0. The van der Waals surface area contributed by atoms with E-state index in [9.17, 15) is 4.79 Å². The van der Waals surface area contributed by atoms with Gasteiger partial charge in [-0.25, -0.2) is 0 Å². The summed E-state index contributed by atoms with van der Waals surface area (Å²) >= 11 is 0. The van der Waals surface area contributed by atoms with E-state index in [2.05, 4.69) is 24.1 Å². The third kappa shape index (κ3) is 5.08. The number of nitrogens with zero attached hydrogens (tertiary/aromatic N) is 1. The lowest BCUT2D eigenvalue weighted by atomic mass is 9.94. The van der Waals surface area contributed by atoms with E-state index >= 15 is 0 Å². The number of likely N-dealkylation sites (tertiary alicyclic amines) is 1. The first-order valence-electron chi connectivity index (χ1n) is 8.69. The zero-order valence-electron chi connectivity index (χ0n) is 13.4. The van der Waals surface area contributed by atoms with Crippen LogP contribution in [0.1, 0.15) is 71.6 Å². The summed E-state index contributed by atoms with van der Waals surface area (Å²) in [5.74, 6) is 1.06. The van der Waals surface area contributed by atoms with Crippen LogP contribution in [-0.2, 0) is 4.79 Å². The highest BCUT2D eigenvalue weighted by Gasteiger charge is 2.24. The van der Waals surface area contributed by atoms with Gasteiger partial charge >= 0.3 is 0 Å². The Bertz CT molecular complexity index is 297. The van der Waals surface area contributed by atoms with Crippen LogP contribution >= 0.6 is 0 Å². The van der Waals surface area contributed by atoms with Crippen molar-refractivity contribution in [3.8, 4) is 0 Å². The average Bonchev–Trinajstić information content (AvgIpc) is 2.61. The first-order valence-corrected chi connectivity index (χ1v) is 8.69. The number of hydrogen-bond acceptors (Lipinski definition) is 2. The van der Waals surface area contributed by atoms with Crippen molar-refractivity contribution in [1.82, 2.24) is 10.2 Å². The second-order valence-corrected chi connectivity index (χ2v) is 7.09. The fraction of sp³-hybridized carbons (Fsp3) is 0.941. The van der Waals surface area contributed by atoms with Crippen LogP contribution < -0.4 is 5.32 Å². The molecule has 1 saturated heterocycles. The fourth-order valence-corrected chi connectivity index (χ4v) is 3.46. The van der Waals surface area contributed by atoms with Gasteiger partial charge in [-0.2, -0.15) is 0 Å². The van der Waals surface area contributed by atoms with Gasteiger partial charge in [0.25, 0.3) is 0 Å². The van der Waals surface area contributed by atoms with Crippen LogP contribution in [0.3, 0.4) is 0 Å². The number of carbonyl (C=O) groups is 1. The maximum atomic E-state index is 12.2. The third-order valence-corrected chi connectivity index (χ3v) is 4.86. The minimum absolute atomic E-state index is 0.374. The third-order valence-electron chi connectivity index (χ3n) is 4.86. The topological polar surface area (TPSA) is 32.3 Å². The molecule has 0 spiro atoms. The highest BCUT2D eigenvalue weighted by atomic mass is 16.2. The Morgan fingerprint density at radius 3 is 2.50 bits per heavy atom. The predicted octanol–water partition coefficient (Wildman–Crippen LogP) is 3.34. The van der Waals surface area contributed by atoms with Gasteiger partial charge in [-0.05, 0) is 38.0 Å². The molecule has 20 heavy (non-hydrogen) atoms. The molecule has 1 heterocycles. The molecule has 1 N–H and O–H groups in total. The van der Waals surface area contributed by atoms with Crippen molar-refractivity contribution in [2.75, 3.05) is 13.1 Å². The molecule has 1 atom stereocenters. The lowest BCUT2D eigenvalue weighted by Crippen LogP contribution is -2.40. The summed E-state index contributed by atoms with van der Waals surface area (Å²) in [5, 5.41) is 3.82.